The van der Waals surface area contributed by atoms with E-state index in [-0.39, 0.29) is 11.9 Å². The molecule has 34 heavy (non-hydrogen) atoms. The van der Waals surface area contributed by atoms with Crippen molar-refractivity contribution in [3.05, 3.63) is 0 Å². The van der Waals surface area contributed by atoms with Crippen molar-refractivity contribution in [2.45, 2.75) is 116 Å². The lowest BCUT2D eigenvalue weighted by molar-refractivity contribution is -0.121. The van der Waals surface area contributed by atoms with Crippen molar-refractivity contribution in [1.29, 1.82) is 0 Å². The maximum atomic E-state index is 12.1. The Hall–Kier alpha value is -0.690. The van der Waals surface area contributed by atoms with Crippen LogP contribution in [0.1, 0.15) is 104 Å². The van der Waals surface area contributed by atoms with Crippen LogP contribution in [0.25, 0.3) is 0 Å². The van der Waals surface area contributed by atoms with Crippen molar-refractivity contribution in [2.24, 2.45) is 46.8 Å². The maximum absolute atomic E-state index is 12.1. The molecule has 0 heterocycles. The van der Waals surface area contributed by atoms with Crippen LogP contribution < -0.4 is 27.4 Å². The van der Waals surface area contributed by atoms with Crippen molar-refractivity contribution in [3.63, 3.8) is 0 Å². The van der Waals surface area contributed by atoms with Gasteiger partial charge in [-0.15, -0.1) is 0 Å². The zero-order valence-corrected chi connectivity index (χ0v) is 22.2. The Morgan fingerprint density at radius 1 is 0.971 bits per heavy atom. The molecular weight excluding hydrogens is 422 g/mol. The van der Waals surface area contributed by atoms with Gasteiger partial charge in [-0.05, 0) is 138 Å². The molecule has 0 bridgehead atoms. The number of fused-ring (bicyclic) bond motifs is 5. The second-order valence-corrected chi connectivity index (χ2v) is 12.8. The van der Waals surface area contributed by atoms with E-state index in [1.165, 1.54) is 64.2 Å². The van der Waals surface area contributed by atoms with Gasteiger partial charge < -0.3 is 10.6 Å². The van der Waals surface area contributed by atoms with Gasteiger partial charge in [0.05, 0.1) is 0 Å². The monoisotopic (exact) mass is 475 g/mol. The van der Waals surface area contributed by atoms with Crippen LogP contribution in [-0.4, -0.2) is 31.1 Å². The highest BCUT2D eigenvalue weighted by Gasteiger charge is 2.56. The SMILES string of the molecule is CC(C)NC(=O)CCC[C@H]1CCC2C3CCC4CC(NCCCNNN)CCC4C3CCC21C. The van der Waals surface area contributed by atoms with Crippen LogP contribution >= 0.6 is 0 Å². The zero-order chi connectivity index (χ0) is 24.1. The molecule has 0 aromatic carbocycles. The number of rotatable bonds is 11. The van der Waals surface area contributed by atoms with Crippen LogP contribution in [0.2, 0.25) is 0 Å². The maximum Gasteiger partial charge on any atom is 0.220 e. The number of carbonyl (C=O) groups is 1. The largest absolute Gasteiger partial charge is 0.354 e. The van der Waals surface area contributed by atoms with E-state index in [1.807, 2.05) is 0 Å². The summed E-state index contributed by atoms with van der Waals surface area (Å²) in [5, 5.41) is 6.90. The lowest BCUT2D eigenvalue weighted by Crippen LogP contribution is -2.50. The zero-order valence-electron chi connectivity index (χ0n) is 22.2. The normalized spacial score (nSPS) is 39.4. The van der Waals surface area contributed by atoms with Gasteiger partial charge in [0.25, 0.3) is 0 Å². The highest BCUT2D eigenvalue weighted by Crippen LogP contribution is 2.64. The number of hydrogen-bond donors (Lipinski definition) is 5. The first kappa shape index (κ1) is 26.4. The third-order valence-electron chi connectivity index (χ3n) is 10.6. The number of amides is 1. The summed E-state index contributed by atoms with van der Waals surface area (Å²) in [4.78, 5) is 12.1. The summed E-state index contributed by atoms with van der Waals surface area (Å²) in [6.07, 6.45) is 17.1. The van der Waals surface area contributed by atoms with E-state index in [9.17, 15) is 4.79 Å². The smallest absolute Gasteiger partial charge is 0.220 e. The molecule has 6 nitrogen and oxygen atoms in total. The Bertz CT molecular complexity index is 657. The van der Waals surface area contributed by atoms with Gasteiger partial charge in [-0.1, -0.05) is 6.92 Å². The van der Waals surface area contributed by atoms with Crippen LogP contribution in [0, 0.1) is 40.9 Å². The van der Waals surface area contributed by atoms with E-state index in [2.05, 4.69) is 42.4 Å². The molecular formula is C28H53N5O. The molecule has 1 amide bonds. The van der Waals surface area contributed by atoms with Gasteiger partial charge in [-0.25, -0.2) is 5.43 Å². The Morgan fingerprint density at radius 3 is 2.59 bits per heavy atom. The molecule has 4 rings (SSSR count). The summed E-state index contributed by atoms with van der Waals surface area (Å²) >= 11 is 0. The molecule has 0 radical (unpaired) electrons. The van der Waals surface area contributed by atoms with Gasteiger partial charge in [-0.3, -0.25) is 10.6 Å². The van der Waals surface area contributed by atoms with Crippen LogP contribution in [0.3, 0.4) is 0 Å². The number of hydrogen-bond acceptors (Lipinski definition) is 5. The van der Waals surface area contributed by atoms with Gasteiger partial charge in [0.1, 0.15) is 0 Å². The fraction of sp³-hybridized carbons (Fsp3) is 0.964. The summed E-state index contributed by atoms with van der Waals surface area (Å²) in [5.41, 5.74) is 6.03. The van der Waals surface area contributed by atoms with Crippen LogP contribution in [0.15, 0.2) is 0 Å². The third kappa shape index (κ3) is 5.99. The molecule has 196 valence electrons. The molecule has 4 aliphatic rings. The minimum atomic E-state index is 0.242. The van der Waals surface area contributed by atoms with E-state index >= 15 is 0 Å². The molecule has 0 aromatic heterocycles. The van der Waals surface area contributed by atoms with Crippen LogP contribution in [-0.2, 0) is 4.79 Å². The molecule has 4 saturated carbocycles. The molecule has 7 unspecified atom stereocenters. The minimum absolute atomic E-state index is 0.242. The highest BCUT2D eigenvalue weighted by molar-refractivity contribution is 5.76. The number of nitrogens with two attached hydrogens (primary N) is 1. The number of hydrazine groups is 2. The summed E-state index contributed by atoms with van der Waals surface area (Å²) in [5.74, 6) is 11.2. The molecule has 0 aromatic rings. The van der Waals surface area contributed by atoms with Gasteiger partial charge in [0, 0.05) is 25.0 Å². The fourth-order valence-electron chi connectivity index (χ4n) is 9.08. The number of carbonyl (C=O) groups excluding carboxylic acids is 1. The fourth-order valence-corrected chi connectivity index (χ4v) is 9.08. The van der Waals surface area contributed by atoms with Crippen molar-refractivity contribution >= 4 is 5.91 Å². The second kappa shape index (κ2) is 12.0. The molecule has 8 atom stereocenters. The standard InChI is InChI=1S/C28H53N5O/c1-19(2)32-27(34)7-4-6-21-9-13-26-25-11-8-20-18-22(30-16-5-17-31-33-29)10-12-23(20)24(25)14-15-28(21,26)3/h19-26,30-31,33H,4-18,29H2,1-3H3,(H,32,34)/t20?,21-,22?,23?,24?,25?,26?,28?/m0/s1. The topological polar surface area (TPSA) is 91.2 Å². The molecule has 6 N–H and O–H groups in total. The first-order valence-electron chi connectivity index (χ1n) is 14.6. The lowest BCUT2D eigenvalue weighted by Gasteiger charge is -2.56. The first-order chi connectivity index (χ1) is 16.4. The molecule has 4 fully saturated rings. The van der Waals surface area contributed by atoms with E-state index in [1.54, 1.807) is 0 Å². The first-order valence-corrected chi connectivity index (χ1v) is 14.6. The van der Waals surface area contributed by atoms with Crippen molar-refractivity contribution in [1.82, 2.24) is 21.6 Å². The number of nitrogens with one attached hydrogen (secondary N) is 4. The average molecular weight is 476 g/mol. The summed E-state index contributed by atoms with van der Waals surface area (Å²) < 4.78 is 0. The lowest BCUT2D eigenvalue weighted by atomic mass is 9.49. The van der Waals surface area contributed by atoms with Crippen LogP contribution in [0.5, 0.6) is 0 Å². The van der Waals surface area contributed by atoms with Crippen molar-refractivity contribution in [2.75, 3.05) is 13.1 Å². The van der Waals surface area contributed by atoms with Crippen molar-refractivity contribution < 1.29 is 4.79 Å². The Labute approximate surface area is 208 Å². The van der Waals surface area contributed by atoms with E-state index in [4.69, 9.17) is 5.84 Å². The van der Waals surface area contributed by atoms with Gasteiger partial charge in [0.2, 0.25) is 5.91 Å². The summed E-state index contributed by atoms with van der Waals surface area (Å²) in [6.45, 7) is 8.75. The van der Waals surface area contributed by atoms with E-state index in [0.717, 1.165) is 67.5 Å². The Balaban J connectivity index is 1.25. The predicted octanol–water partition coefficient (Wildman–Crippen LogP) is 4.27. The minimum Gasteiger partial charge on any atom is -0.354 e. The summed E-state index contributed by atoms with van der Waals surface area (Å²) in [6, 6.07) is 0.981. The van der Waals surface area contributed by atoms with Crippen molar-refractivity contribution in [3.8, 4) is 0 Å². The van der Waals surface area contributed by atoms with Crippen LogP contribution in [0.4, 0.5) is 0 Å². The predicted molar refractivity (Wildman–Crippen MR) is 139 cm³/mol. The molecule has 0 aliphatic heterocycles. The van der Waals surface area contributed by atoms with Gasteiger partial charge >= 0.3 is 0 Å². The molecule has 4 aliphatic carbocycles. The quantitative estimate of drug-likeness (QED) is 0.175. The Kier molecular flexibility index (Phi) is 9.33. The molecule has 0 saturated heterocycles. The van der Waals surface area contributed by atoms with E-state index in [0.29, 0.717) is 11.8 Å². The van der Waals surface area contributed by atoms with E-state index < -0.39 is 0 Å². The van der Waals surface area contributed by atoms with Gasteiger partial charge in [-0.2, -0.15) is 5.53 Å². The molecule has 6 heteroatoms. The van der Waals surface area contributed by atoms with Gasteiger partial charge in [0.15, 0.2) is 0 Å². The second-order valence-electron chi connectivity index (χ2n) is 12.8. The average Bonchev–Trinajstić information content (AvgIpc) is 3.14. The summed E-state index contributed by atoms with van der Waals surface area (Å²) in [7, 11) is 0. The third-order valence-corrected chi connectivity index (χ3v) is 10.6. The highest BCUT2D eigenvalue weighted by atomic mass is 16.1. The Morgan fingerprint density at radius 2 is 1.79 bits per heavy atom. The molecule has 0 spiro atoms.